The van der Waals surface area contributed by atoms with Crippen molar-refractivity contribution in [2.75, 3.05) is 23.6 Å². The zero-order valence-electron chi connectivity index (χ0n) is 14.6. The van der Waals surface area contributed by atoms with Gasteiger partial charge in [0.05, 0.1) is 23.6 Å². The lowest BCUT2D eigenvalue weighted by Crippen LogP contribution is -2.30. The van der Waals surface area contributed by atoms with Gasteiger partial charge in [0.1, 0.15) is 17.8 Å². The molecule has 1 aromatic carbocycles. The number of amides is 1. The number of rotatable bonds is 6. The van der Waals surface area contributed by atoms with Gasteiger partial charge in [-0.3, -0.25) is 15.6 Å². The number of aromatic nitrogens is 3. The number of thiazole rings is 1. The largest absolute Gasteiger partial charge is 0.497 e. The molecular formula is C17H15N7O3S. The topological polar surface area (TPSA) is 140 Å². The smallest absolute Gasteiger partial charge is 0.305 e. The highest BCUT2D eigenvalue weighted by Gasteiger charge is 2.13. The number of hydrogen-bond donors (Lipinski definition) is 4. The number of hydrazine groups is 1. The van der Waals surface area contributed by atoms with E-state index in [2.05, 4.69) is 31.1 Å². The number of ether oxygens (including phenoxy) is 1. The lowest BCUT2D eigenvalue weighted by molar-refractivity contribution is 0.0935. The third-order valence-electron chi connectivity index (χ3n) is 3.74. The molecule has 11 heteroatoms. The second-order valence-electron chi connectivity index (χ2n) is 5.52. The first-order valence-corrected chi connectivity index (χ1v) is 8.87. The molecule has 0 atom stereocenters. The maximum Gasteiger partial charge on any atom is 0.305 e. The number of fused-ring (bicyclic) bond motifs is 1. The molecule has 28 heavy (non-hydrogen) atoms. The van der Waals surface area contributed by atoms with E-state index < -0.39 is 5.91 Å². The van der Waals surface area contributed by atoms with Gasteiger partial charge in [-0.05, 0) is 30.3 Å². The summed E-state index contributed by atoms with van der Waals surface area (Å²) in [6, 6.07) is 8.77. The number of nitrogens with one attached hydrogen (secondary N) is 3. The lowest BCUT2D eigenvalue weighted by atomic mass is 10.3. The van der Waals surface area contributed by atoms with Crippen LogP contribution >= 0.6 is 11.3 Å². The average Bonchev–Trinajstić information content (AvgIpc) is 3.37. The molecule has 0 saturated carbocycles. The Morgan fingerprint density at radius 2 is 2.11 bits per heavy atom. The average molecular weight is 397 g/mol. The number of carbonyl (C=O) groups excluding carboxylic acids is 1. The van der Waals surface area contributed by atoms with Gasteiger partial charge in [0.2, 0.25) is 0 Å². The summed E-state index contributed by atoms with van der Waals surface area (Å²) in [7, 11) is 1.61. The molecule has 1 amide bonds. The van der Waals surface area contributed by atoms with Crippen molar-refractivity contribution in [2.45, 2.75) is 0 Å². The van der Waals surface area contributed by atoms with Crippen LogP contribution in [0.5, 0.6) is 5.75 Å². The van der Waals surface area contributed by atoms with Gasteiger partial charge in [0.25, 0.3) is 0 Å². The predicted molar refractivity (Wildman–Crippen MR) is 106 cm³/mol. The number of hydrogen-bond acceptors (Lipinski definition) is 10. The maximum absolute atomic E-state index is 11.9. The molecule has 3 heterocycles. The second kappa shape index (κ2) is 7.40. The van der Waals surface area contributed by atoms with E-state index in [4.69, 9.17) is 14.9 Å². The third-order valence-corrected chi connectivity index (χ3v) is 4.68. The van der Waals surface area contributed by atoms with E-state index >= 15 is 0 Å². The second-order valence-corrected chi connectivity index (χ2v) is 6.55. The normalized spacial score (nSPS) is 10.6. The van der Waals surface area contributed by atoms with E-state index in [1.165, 1.54) is 30.0 Å². The molecule has 0 saturated heterocycles. The van der Waals surface area contributed by atoms with Crippen LogP contribution in [0.3, 0.4) is 0 Å². The number of nitrogens with zero attached hydrogens (tertiary/aromatic N) is 3. The highest BCUT2D eigenvalue weighted by atomic mass is 32.1. The Morgan fingerprint density at radius 1 is 1.25 bits per heavy atom. The van der Waals surface area contributed by atoms with E-state index in [9.17, 15) is 4.79 Å². The Labute approximate surface area is 162 Å². The molecule has 5 N–H and O–H groups in total. The van der Waals surface area contributed by atoms with Crippen molar-refractivity contribution in [1.82, 2.24) is 20.4 Å². The molecule has 0 aliphatic carbocycles. The number of nitrogen functional groups attached to an aromatic ring is 1. The fraction of sp³-hybridized carbons (Fsp3) is 0.0588. The monoisotopic (exact) mass is 397 g/mol. The van der Waals surface area contributed by atoms with Gasteiger partial charge in [-0.1, -0.05) is 11.3 Å². The zero-order valence-corrected chi connectivity index (χ0v) is 15.4. The van der Waals surface area contributed by atoms with E-state index in [0.717, 1.165) is 16.0 Å². The SMILES string of the molecule is COc1ccc2nc(Nc3ncnc(NNC(=O)c4ccco4)c3N)sc2c1. The van der Waals surface area contributed by atoms with Crippen molar-refractivity contribution in [3.05, 3.63) is 48.7 Å². The molecule has 0 aliphatic heterocycles. The Bertz CT molecular complexity index is 1130. The van der Waals surface area contributed by atoms with Crippen LogP contribution in [-0.4, -0.2) is 28.0 Å². The summed E-state index contributed by atoms with van der Waals surface area (Å²) in [4.78, 5) is 24.6. The fourth-order valence-corrected chi connectivity index (χ4v) is 3.26. The van der Waals surface area contributed by atoms with E-state index in [0.29, 0.717) is 10.9 Å². The summed E-state index contributed by atoms with van der Waals surface area (Å²) < 4.78 is 11.2. The Kier molecular flexibility index (Phi) is 4.64. The standard InChI is InChI=1S/C17H15N7O3S/c1-26-9-4-5-10-12(7-9)28-17(21-10)22-14-13(18)15(20-8-19-14)23-24-16(25)11-3-2-6-27-11/h2-8H,18H2,1H3,(H,24,25)(H2,19,20,21,22,23). The van der Waals surface area contributed by atoms with E-state index in [-0.39, 0.29) is 17.3 Å². The summed E-state index contributed by atoms with van der Waals surface area (Å²) in [6.07, 6.45) is 2.72. The highest BCUT2D eigenvalue weighted by Crippen LogP contribution is 2.32. The zero-order chi connectivity index (χ0) is 19.5. The van der Waals surface area contributed by atoms with Crippen LogP contribution in [-0.2, 0) is 0 Å². The van der Waals surface area contributed by atoms with Crippen LogP contribution in [0.25, 0.3) is 10.2 Å². The van der Waals surface area contributed by atoms with Gasteiger partial charge >= 0.3 is 5.91 Å². The molecule has 3 aromatic heterocycles. The third kappa shape index (κ3) is 3.50. The minimum atomic E-state index is -0.461. The van der Waals surface area contributed by atoms with Gasteiger partial charge in [-0.25, -0.2) is 15.0 Å². The molecule has 0 bridgehead atoms. The van der Waals surface area contributed by atoms with Crippen LogP contribution in [0.2, 0.25) is 0 Å². The van der Waals surface area contributed by atoms with Crippen molar-refractivity contribution in [3.8, 4) is 5.75 Å². The van der Waals surface area contributed by atoms with Crippen molar-refractivity contribution < 1.29 is 13.9 Å². The van der Waals surface area contributed by atoms with Gasteiger partial charge < -0.3 is 20.2 Å². The Balaban J connectivity index is 1.51. The molecule has 0 unspecified atom stereocenters. The number of anilines is 4. The molecular weight excluding hydrogens is 382 g/mol. The summed E-state index contributed by atoms with van der Waals surface area (Å²) in [5, 5.41) is 3.68. The van der Waals surface area contributed by atoms with Crippen molar-refractivity contribution in [1.29, 1.82) is 0 Å². The molecule has 0 radical (unpaired) electrons. The lowest BCUT2D eigenvalue weighted by Gasteiger charge is -2.11. The number of benzene rings is 1. The first kappa shape index (κ1) is 17.5. The minimum Gasteiger partial charge on any atom is -0.497 e. The molecule has 0 aliphatic rings. The molecule has 142 valence electrons. The molecule has 0 spiro atoms. The van der Waals surface area contributed by atoms with Crippen molar-refractivity contribution >= 4 is 49.9 Å². The van der Waals surface area contributed by atoms with Crippen LogP contribution in [0.4, 0.5) is 22.5 Å². The Morgan fingerprint density at radius 3 is 2.89 bits per heavy atom. The van der Waals surface area contributed by atoms with Crippen molar-refractivity contribution in [2.24, 2.45) is 0 Å². The van der Waals surface area contributed by atoms with Gasteiger partial charge in [0.15, 0.2) is 22.5 Å². The van der Waals surface area contributed by atoms with Crippen LogP contribution < -0.4 is 26.6 Å². The van der Waals surface area contributed by atoms with E-state index in [1.54, 1.807) is 13.2 Å². The first-order valence-electron chi connectivity index (χ1n) is 8.06. The summed E-state index contributed by atoms with van der Waals surface area (Å²) >= 11 is 1.43. The summed E-state index contributed by atoms with van der Waals surface area (Å²) in [6.45, 7) is 0. The molecule has 10 nitrogen and oxygen atoms in total. The maximum atomic E-state index is 11.9. The van der Waals surface area contributed by atoms with Crippen LogP contribution in [0.15, 0.2) is 47.3 Å². The van der Waals surface area contributed by atoms with Crippen LogP contribution in [0, 0.1) is 0 Å². The van der Waals surface area contributed by atoms with Crippen molar-refractivity contribution in [3.63, 3.8) is 0 Å². The number of carbonyl (C=O) groups is 1. The quantitative estimate of drug-likeness (QED) is 0.361. The summed E-state index contributed by atoms with van der Waals surface area (Å²) in [5.74, 6) is 1.04. The fourth-order valence-electron chi connectivity index (χ4n) is 2.37. The highest BCUT2D eigenvalue weighted by molar-refractivity contribution is 7.22. The molecule has 4 rings (SSSR count). The molecule has 4 aromatic rings. The van der Waals surface area contributed by atoms with Crippen LogP contribution in [0.1, 0.15) is 10.6 Å². The van der Waals surface area contributed by atoms with Gasteiger partial charge in [-0.15, -0.1) is 0 Å². The molecule has 0 fully saturated rings. The Hall–Kier alpha value is -3.86. The minimum absolute atomic E-state index is 0.156. The van der Waals surface area contributed by atoms with Gasteiger partial charge in [0, 0.05) is 0 Å². The van der Waals surface area contributed by atoms with Gasteiger partial charge in [-0.2, -0.15) is 0 Å². The summed E-state index contributed by atoms with van der Waals surface area (Å²) in [5.41, 5.74) is 12.3. The number of methoxy groups -OCH3 is 1. The first-order chi connectivity index (χ1) is 13.6. The number of furan rings is 1. The van der Waals surface area contributed by atoms with E-state index in [1.807, 2.05) is 18.2 Å². The number of nitrogens with two attached hydrogens (primary N) is 1. The predicted octanol–water partition coefficient (Wildman–Crippen LogP) is 2.77.